The number of ether oxygens (including phenoxy) is 2. The zero-order valence-electron chi connectivity index (χ0n) is 24.4. The third kappa shape index (κ3) is 13.2. The van der Waals surface area contributed by atoms with Gasteiger partial charge in [0.2, 0.25) is 0 Å². The number of methoxy groups -OCH3 is 1. The topological polar surface area (TPSA) is 237 Å². The standard InChI is InChI=1S/C14H7ClF3NO5.C8H6Cl2O3.C5H12NO4P/c15-10-5-7(14(16,17)18)1-4-12(10)24-8-2-3-11(19(22)23)9(6-8)13(20)21;1-13-7-5(10)3-2-4(9)6(7)8(11)12;1-11(9,10)3-2-4(6)5(7)8/h1-6H,(H,20,21);2-3H,1H3,(H,11,12);4H,2-3,6H2,1H3,(H,7,8)(H,9,10). The molecule has 0 amide bonds. The number of carbonyl (C=O) groups is 3. The van der Waals surface area contributed by atoms with Crippen molar-refractivity contribution in [2.45, 2.75) is 18.6 Å². The van der Waals surface area contributed by atoms with Crippen molar-refractivity contribution >= 4 is 65.8 Å². The smallest absolute Gasteiger partial charge is 0.416 e. The third-order valence-electron chi connectivity index (χ3n) is 5.53. The van der Waals surface area contributed by atoms with E-state index >= 15 is 0 Å². The molecule has 6 N–H and O–H groups in total. The van der Waals surface area contributed by atoms with Gasteiger partial charge in [0.25, 0.3) is 5.69 Å². The van der Waals surface area contributed by atoms with Gasteiger partial charge < -0.3 is 35.4 Å². The quantitative estimate of drug-likeness (QED) is 0.0785. The van der Waals surface area contributed by atoms with Gasteiger partial charge >= 0.3 is 24.1 Å². The summed E-state index contributed by atoms with van der Waals surface area (Å²) in [5.41, 5.74) is 2.73. The molecule has 0 aromatic heterocycles. The molecule has 0 heterocycles. The van der Waals surface area contributed by atoms with E-state index in [1.165, 1.54) is 25.9 Å². The maximum absolute atomic E-state index is 12.6. The predicted molar refractivity (Wildman–Crippen MR) is 167 cm³/mol. The van der Waals surface area contributed by atoms with Crippen LogP contribution in [0.3, 0.4) is 0 Å². The van der Waals surface area contributed by atoms with Crippen LogP contribution < -0.4 is 15.2 Å². The fourth-order valence-electron chi connectivity index (χ4n) is 3.23. The van der Waals surface area contributed by atoms with Crippen LogP contribution >= 0.6 is 42.2 Å². The first-order valence-corrected chi connectivity index (χ1v) is 16.0. The largest absolute Gasteiger partial charge is 0.494 e. The monoisotopic (exact) mass is 762 g/mol. The number of alkyl halides is 3. The summed E-state index contributed by atoms with van der Waals surface area (Å²) in [5, 5.41) is 36.8. The van der Waals surface area contributed by atoms with Crippen molar-refractivity contribution in [3.8, 4) is 17.2 Å². The van der Waals surface area contributed by atoms with E-state index in [1.807, 2.05) is 0 Å². The summed E-state index contributed by atoms with van der Waals surface area (Å²) in [6, 6.07) is 7.13. The molecule has 2 unspecified atom stereocenters. The molecule has 0 saturated carbocycles. The van der Waals surface area contributed by atoms with Gasteiger partial charge in [-0.3, -0.25) is 19.5 Å². The lowest BCUT2D eigenvalue weighted by Crippen LogP contribution is -2.30. The number of aliphatic carboxylic acids is 1. The maximum atomic E-state index is 12.6. The normalized spacial score (nSPS) is 12.5. The molecule has 0 bridgehead atoms. The van der Waals surface area contributed by atoms with Crippen LogP contribution in [0.25, 0.3) is 0 Å². The lowest BCUT2D eigenvalue weighted by molar-refractivity contribution is -0.385. The van der Waals surface area contributed by atoms with Gasteiger partial charge in [-0.25, -0.2) is 9.59 Å². The van der Waals surface area contributed by atoms with Gasteiger partial charge in [-0.05, 0) is 42.8 Å². The molecule has 0 aliphatic heterocycles. The number of nitrogens with two attached hydrogens (primary N) is 1. The highest BCUT2D eigenvalue weighted by atomic mass is 35.5. The van der Waals surface area contributed by atoms with E-state index in [2.05, 4.69) is 0 Å². The first kappa shape index (κ1) is 41.9. The molecule has 2 atom stereocenters. The van der Waals surface area contributed by atoms with Crippen LogP contribution in [-0.2, 0) is 15.5 Å². The molecule has 0 radical (unpaired) electrons. The van der Waals surface area contributed by atoms with E-state index in [1.54, 1.807) is 0 Å². The first-order valence-electron chi connectivity index (χ1n) is 12.6. The Balaban J connectivity index is 0.000000404. The number of rotatable bonds is 10. The van der Waals surface area contributed by atoms with Crippen molar-refractivity contribution in [3.63, 3.8) is 0 Å². The molecule has 48 heavy (non-hydrogen) atoms. The third-order valence-corrected chi connectivity index (χ3v) is 7.53. The minimum Gasteiger partial charge on any atom is -0.494 e. The van der Waals surface area contributed by atoms with Crippen LogP contribution in [0.1, 0.15) is 32.7 Å². The van der Waals surface area contributed by atoms with E-state index < -0.39 is 59.2 Å². The van der Waals surface area contributed by atoms with Crippen molar-refractivity contribution < 1.29 is 66.7 Å². The Labute approximate surface area is 284 Å². The molecule has 3 rings (SSSR count). The number of aromatic carboxylic acids is 2. The minimum absolute atomic E-state index is 0.0412. The SMILES string of the molecule is COc1c(Cl)ccc(Cl)c1C(=O)O.CP(=O)(O)CCC(N)C(=O)O.O=C(O)c1cc(Oc2ccc(C(F)(F)F)cc2Cl)ccc1[N+](=O)[O-]. The highest BCUT2D eigenvalue weighted by molar-refractivity contribution is 7.57. The van der Waals surface area contributed by atoms with E-state index in [0.717, 1.165) is 30.3 Å². The number of nitro benzene ring substituents is 1. The lowest BCUT2D eigenvalue weighted by Gasteiger charge is -2.11. The Morgan fingerprint density at radius 2 is 1.56 bits per heavy atom. The molecular formula is C27H25Cl3F3N2O12P. The van der Waals surface area contributed by atoms with Crippen LogP contribution in [-0.4, -0.2) is 69.0 Å². The number of carboxylic acids is 3. The van der Waals surface area contributed by atoms with Gasteiger partial charge in [-0.1, -0.05) is 34.8 Å². The fourth-order valence-corrected chi connectivity index (χ4v) is 4.67. The van der Waals surface area contributed by atoms with Gasteiger partial charge in [0.15, 0.2) is 13.1 Å². The zero-order valence-corrected chi connectivity index (χ0v) is 27.6. The average Bonchev–Trinajstić information content (AvgIpc) is 2.97. The van der Waals surface area contributed by atoms with Gasteiger partial charge in [0.05, 0.1) is 32.7 Å². The molecule has 3 aromatic carbocycles. The van der Waals surface area contributed by atoms with E-state index in [-0.39, 0.29) is 50.5 Å². The summed E-state index contributed by atoms with van der Waals surface area (Å²) in [6.45, 7) is 1.18. The predicted octanol–water partition coefficient (Wildman–Crippen LogP) is 7.15. The van der Waals surface area contributed by atoms with Crippen molar-refractivity contribution in [2.75, 3.05) is 19.9 Å². The van der Waals surface area contributed by atoms with E-state index in [4.69, 9.17) is 70.2 Å². The number of nitro groups is 1. The molecule has 0 spiro atoms. The van der Waals surface area contributed by atoms with E-state index in [9.17, 15) is 42.2 Å². The molecule has 14 nitrogen and oxygen atoms in total. The van der Waals surface area contributed by atoms with Gasteiger partial charge in [0, 0.05) is 25.0 Å². The Bertz CT molecular complexity index is 1720. The summed E-state index contributed by atoms with van der Waals surface area (Å²) >= 11 is 17.1. The number of carboxylic acid groups (broad SMARTS) is 3. The number of halogens is 6. The molecule has 3 aromatic rings. The Morgan fingerprint density at radius 3 is 1.98 bits per heavy atom. The summed E-state index contributed by atoms with van der Waals surface area (Å²) < 4.78 is 58.4. The Hall–Kier alpha value is -4.12. The fraction of sp³-hybridized carbons (Fsp3) is 0.222. The molecule has 262 valence electrons. The molecule has 0 saturated heterocycles. The highest BCUT2D eigenvalue weighted by Crippen LogP contribution is 2.38. The summed E-state index contributed by atoms with van der Waals surface area (Å²) in [5.74, 6) is -4.05. The van der Waals surface area contributed by atoms with Crippen LogP contribution in [0, 0.1) is 10.1 Å². The summed E-state index contributed by atoms with van der Waals surface area (Å²) in [7, 11) is -1.77. The Kier molecular flexibility index (Phi) is 15.6. The lowest BCUT2D eigenvalue weighted by atomic mass is 10.1. The molecule has 0 fully saturated rings. The minimum atomic E-state index is -4.58. The average molecular weight is 764 g/mol. The van der Waals surface area contributed by atoms with Crippen molar-refractivity contribution in [2.24, 2.45) is 5.73 Å². The van der Waals surface area contributed by atoms with E-state index in [0.29, 0.717) is 6.07 Å². The van der Waals surface area contributed by atoms with Gasteiger partial charge in [-0.15, -0.1) is 0 Å². The summed E-state index contributed by atoms with van der Waals surface area (Å²) in [6.07, 6.45) is -4.58. The second-order valence-corrected chi connectivity index (χ2v) is 13.0. The number of hydrogen-bond acceptors (Lipinski definition) is 9. The number of benzene rings is 3. The first-order chi connectivity index (χ1) is 22.0. The molecule has 21 heteroatoms. The van der Waals surface area contributed by atoms with Gasteiger partial charge in [-0.2, -0.15) is 13.2 Å². The maximum Gasteiger partial charge on any atom is 0.416 e. The van der Waals surface area contributed by atoms with Crippen molar-refractivity contribution in [1.82, 2.24) is 0 Å². The number of nitrogens with zero attached hydrogens (tertiary/aromatic N) is 1. The summed E-state index contributed by atoms with van der Waals surface area (Å²) in [4.78, 5) is 50.5. The molecule has 0 aliphatic rings. The van der Waals surface area contributed by atoms with Gasteiger partial charge in [0.1, 0.15) is 28.7 Å². The zero-order chi connectivity index (χ0) is 37.1. The van der Waals surface area contributed by atoms with Crippen LogP contribution in [0.4, 0.5) is 18.9 Å². The van der Waals surface area contributed by atoms with Crippen molar-refractivity contribution in [3.05, 3.63) is 90.4 Å². The molecule has 0 aliphatic carbocycles. The number of hydrogen-bond donors (Lipinski definition) is 5. The van der Waals surface area contributed by atoms with Crippen molar-refractivity contribution in [1.29, 1.82) is 0 Å². The van der Waals surface area contributed by atoms with Crippen LogP contribution in [0.2, 0.25) is 15.1 Å². The second-order valence-electron chi connectivity index (χ2n) is 9.24. The van der Waals surface area contributed by atoms with Crippen LogP contribution in [0.5, 0.6) is 17.2 Å². The second kappa shape index (κ2) is 17.9. The Morgan fingerprint density at radius 1 is 0.979 bits per heavy atom. The highest BCUT2D eigenvalue weighted by Gasteiger charge is 2.31. The molecular weight excluding hydrogens is 739 g/mol. The van der Waals surface area contributed by atoms with Crippen LogP contribution in [0.15, 0.2) is 48.5 Å².